The quantitative estimate of drug-likeness (QED) is 0.662. The summed E-state index contributed by atoms with van der Waals surface area (Å²) >= 11 is 0. The van der Waals surface area contributed by atoms with Gasteiger partial charge in [-0.3, -0.25) is 0 Å². The Bertz CT molecular complexity index is 378. The standard InChI is InChI=1S/C15H33N3O2S/c1-5-11-16-12-6-13-17(3)21(19,20)18(4)15-9-7-14(2)8-10-15/h14-16H,5-13H2,1-4H3. The smallest absolute Gasteiger partial charge is 0.281 e. The largest absolute Gasteiger partial charge is 0.317 e. The molecule has 0 heterocycles. The molecule has 0 atom stereocenters. The molecule has 0 radical (unpaired) electrons. The Labute approximate surface area is 131 Å². The molecule has 1 aliphatic carbocycles. The van der Waals surface area contributed by atoms with Crippen molar-refractivity contribution >= 4 is 10.2 Å². The summed E-state index contributed by atoms with van der Waals surface area (Å²) in [6.45, 7) is 6.82. The van der Waals surface area contributed by atoms with Crippen molar-refractivity contribution in [1.29, 1.82) is 0 Å². The van der Waals surface area contributed by atoms with Crippen molar-refractivity contribution in [3.8, 4) is 0 Å². The molecule has 0 saturated heterocycles. The Balaban J connectivity index is 2.42. The van der Waals surface area contributed by atoms with E-state index in [-0.39, 0.29) is 6.04 Å². The number of hydrogen-bond acceptors (Lipinski definition) is 3. The van der Waals surface area contributed by atoms with E-state index in [9.17, 15) is 8.42 Å². The summed E-state index contributed by atoms with van der Waals surface area (Å²) in [5.74, 6) is 0.736. The fourth-order valence-corrected chi connectivity index (χ4v) is 4.25. The van der Waals surface area contributed by atoms with Crippen molar-refractivity contribution < 1.29 is 8.42 Å². The predicted molar refractivity (Wildman–Crippen MR) is 88.5 cm³/mol. The van der Waals surface area contributed by atoms with Crippen molar-refractivity contribution in [1.82, 2.24) is 13.9 Å². The van der Waals surface area contributed by atoms with Gasteiger partial charge < -0.3 is 5.32 Å². The molecule has 0 aromatic carbocycles. The van der Waals surface area contributed by atoms with Gasteiger partial charge in [0.05, 0.1) is 0 Å². The predicted octanol–water partition coefficient (Wildman–Crippen LogP) is 2.06. The minimum atomic E-state index is -3.31. The first-order chi connectivity index (χ1) is 9.89. The van der Waals surface area contributed by atoms with Gasteiger partial charge in [-0.1, -0.05) is 13.8 Å². The molecule has 1 saturated carbocycles. The Morgan fingerprint density at radius 3 is 2.29 bits per heavy atom. The third-order valence-electron chi connectivity index (χ3n) is 4.51. The van der Waals surface area contributed by atoms with Crippen LogP contribution in [0.25, 0.3) is 0 Å². The molecule has 0 amide bonds. The zero-order valence-corrected chi connectivity index (χ0v) is 15.0. The second kappa shape index (κ2) is 9.08. The number of hydrogen-bond donors (Lipinski definition) is 1. The molecule has 0 aliphatic heterocycles. The third-order valence-corrected chi connectivity index (χ3v) is 6.51. The third kappa shape index (κ3) is 5.85. The summed E-state index contributed by atoms with van der Waals surface area (Å²) in [6.07, 6.45) is 6.21. The lowest BCUT2D eigenvalue weighted by Gasteiger charge is -2.35. The van der Waals surface area contributed by atoms with Crippen LogP contribution in [0, 0.1) is 5.92 Å². The molecule has 0 aromatic heterocycles. The van der Waals surface area contributed by atoms with Crippen LogP contribution in [0.4, 0.5) is 0 Å². The summed E-state index contributed by atoms with van der Waals surface area (Å²) in [4.78, 5) is 0. The fraction of sp³-hybridized carbons (Fsp3) is 1.00. The van der Waals surface area contributed by atoms with Gasteiger partial charge >= 0.3 is 0 Å². The highest BCUT2D eigenvalue weighted by Gasteiger charge is 2.31. The van der Waals surface area contributed by atoms with E-state index in [2.05, 4.69) is 19.2 Å². The molecule has 0 spiro atoms. The first-order valence-electron chi connectivity index (χ1n) is 8.29. The number of nitrogens with one attached hydrogen (secondary N) is 1. The van der Waals surface area contributed by atoms with Gasteiger partial charge in [0.15, 0.2) is 0 Å². The summed E-state index contributed by atoms with van der Waals surface area (Å²) < 4.78 is 28.2. The molecule has 0 bridgehead atoms. The van der Waals surface area contributed by atoms with Crippen LogP contribution in [0.1, 0.15) is 52.4 Å². The van der Waals surface area contributed by atoms with Crippen molar-refractivity contribution in [2.45, 2.75) is 58.4 Å². The number of nitrogens with zero attached hydrogens (tertiary/aromatic N) is 2. The molecule has 21 heavy (non-hydrogen) atoms. The van der Waals surface area contributed by atoms with Gasteiger partial charge in [0.2, 0.25) is 0 Å². The van der Waals surface area contributed by atoms with Gasteiger partial charge in [-0.05, 0) is 57.5 Å². The fourth-order valence-electron chi connectivity index (χ4n) is 2.86. The Kier molecular flexibility index (Phi) is 8.16. The average Bonchev–Trinajstić information content (AvgIpc) is 2.46. The van der Waals surface area contributed by atoms with Crippen LogP contribution in [0.15, 0.2) is 0 Å². The van der Waals surface area contributed by atoms with E-state index < -0.39 is 10.2 Å². The molecule has 1 rings (SSSR count). The second-order valence-corrected chi connectivity index (χ2v) is 8.46. The van der Waals surface area contributed by atoms with E-state index in [1.165, 1.54) is 4.31 Å². The van der Waals surface area contributed by atoms with Crippen LogP contribution in [0.3, 0.4) is 0 Å². The van der Waals surface area contributed by atoms with Crippen LogP contribution in [0.5, 0.6) is 0 Å². The van der Waals surface area contributed by atoms with Crippen LogP contribution in [-0.4, -0.2) is 56.8 Å². The van der Waals surface area contributed by atoms with Crippen molar-refractivity contribution in [3.05, 3.63) is 0 Å². The van der Waals surface area contributed by atoms with E-state index in [1.807, 2.05) is 0 Å². The van der Waals surface area contributed by atoms with Gasteiger partial charge in [0.25, 0.3) is 10.2 Å². The summed E-state index contributed by atoms with van der Waals surface area (Å²) in [5, 5.41) is 3.30. The molecule has 1 N–H and O–H groups in total. The van der Waals surface area contributed by atoms with Gasteiger partial charge in [0.1, 0.15) is 0 Å². The molecular weight excluding hydrogens is 286 g/mol. The van der Waals surface area contributed by atoms with E-state index in [0.29, 0.717) is 6.54 Å². The van der Waals surface area contributed by atoms with Gasteiger partial charge in [0, 0.05) is 26.7 Å². The van der Waals surface area contributed by atoms with E-state index >= 15 is 0 Å². The topological polar surface area (TPSA) is 52.7 Å². The maximum absolute atomic E-state index is 12.6. The Hall–Kier alpha value is -0.170. The molecule has 0 aromatic rings. The van der Waals surface area contributed by atoms with Gasteiger partial charge in [-0.15, -0.1) is 0 Å². The normalized spacial score (nSPS) is 23.9. The highest BCUT2D eigenvalue weighted by Crippen LogP contribution is 2.28. The van der Waals surface area contributed by atoms with Crippen molar-refractivity contribution in [3.63, 3.8) is 0 Å². The Morgan fingerprint density at radius 2 is 1.71 bits per heavy atom. The van der Waals surface area contributed by atoms with E-state index in [1.54, 1.807) is 18.4 Å². The van der Waals surface area contributed by atoms with E-state index in [0.717, 1.165) is 57.5 Å². The maximum atomic E-state index is 12.6. The zero-order chi connectivity index (χ0) is 15.9. The minimum Gasteiger partial charge on any atom is -0.317 e. The van der Waals surface area contributed by atoms with Gasteiger partial charge in [-0.2, -0.15) is 17.0 Å². The molecule has 6 heteroatoms. The van der Waals surface area contributed by atoms with Crippen LogP contribution in [-0.2, 0) is 10.2 Å². The lowest BCUT2D eigenvalue weighted by molar-refractivity contribution is 0.235. The summed E-state index contributed by atoms with van der Waals surface area (Å²) in [7, 11) is 0.120. The minimum absolute atomic E-state index is 0.173. The lowest BCUT2D eigenvalue weighted by Crippen LogP contribution is -2.46. The Morgan fingerprint density at radius 1 is 1.10 bits per heavy atom. The summed E-state index contributed by atoms with van der Waals surface area (Å²) in [6, 6.07) is 0.173. The molecule has 1 fully saturated rings. The summed E-state index contributed by atoms with van der Waals surface area (Å²) in [5.41, 5.74) is 0. The van der Waals surface area contributed by atoms with Crippen LogP contribution in [0.2, 0.25) is 0 Å². The highest BCUT2D eigenvalue weighted by molar-refractivity contribution is 7.86. The van der Waals surface area contributed by atoms with Crippen LogP contribution < -0.4 is 5.32 Å². The SMILES string of the molecule is CCCNCCCN(C)S(=O)(=O)N(C)C1CCC(C)CC1. The molecule has 126 valence electrons. The maximum Gasteiger partial charge on any atom is 0.281 e. The molecular formula is C15H33N3O2S. The molecule has 0 unspecified atom stereocenters. The first-order valence-corrected chi connectivity index (χ1v) is 9.69. The second-order valence-electron chi connectivity index (χ2n) is 6.36. The first kappa shape index (κ1) is 18.9. The van der Waals surface area contributed by atoms with Crippen molar-refractivity contribution in [2.75, 3.05) is 33.7 Å². The monoisotopic (exact) mass is 319 g/mol. The van der Waals surface area contributed by atoms with Crippen molar-refractivity contribution in [2.24, 2.45) is 5.92 Å². The number of rotatable bonds is 9. The molecule has 5 nitrogen and oxygen atoms in total. The zero-order valence-electron chi connectivity index (χ0n) is 14.1. The lowest BCUT2D eigenvalue weighted by atomic mass is 9.87. The molecule has 1 aliphatic rings. The van der Waals surface area contributed by atoms with E-state index in [4.69, 9.17) is 0 Å². The highest BCUT2D eigenvalue weighted by atomic mass is 32.2. The average molecular weight is 320 g/mol. The van der Waals surface area contributed by atoms with Gasteiger partial charge in [-0.25, -0.2) is 0 Å². The van der Waals surface area contributed by atoms with Crippen LogP contribution >= 0.6 is 0 Å².